The first-order valence-corrected chi connectivity index (χ1v) is 7.66. The fourth-order valence-corrected chi connectivity index (χ4v) is 2.97. The van der Waals surface area contributed by atoms with Crippen LogP contribution in [-0.4, -0.2) is 67.0 Å². The number of nitrogens with zero attached hydrogens (tertiary/aromatic N) is 2. The summed E-state index contributed by atoms with van der Waals surface area (Å²) in [6.07, 6.45) is -0.568. The van der Waals surface area contributed by atoms with Crippen molar-refractivity contribution < 1.29 is 24.2 Å². The van der Waals surface area contributed by atoms with Gasteiger partial charge < -0.3 is 14.7 Å². The number of amides is 2. The van der Waals surface area contributed by atoms with Crippen molar-refractivity contribution in [1.82, 2.24) is 9.80 Å². The molecule has 1 saturated heterocycles. The highest BCUT2D eigenvalue weighted by Gasteiger charge is 2.53. The number of ether oxygens (including phenoxy) is 1. The predicted octanol–water partition coefficient (Wildman–Crippen LogP) is 0.728. The number of carboxylic acids is 1. The Morgan fingerprint density at radius 2 is 2.08 bits per heavy atom. The van der Waals surface area contributed by atoms with Crippen LogP contribution in [0.3, 0.4) is 0 Å². The number of likely N-dealkylation sites (tertiary alicyclic amines) is 1. The number of aliphatic carboxylic acids is 1. The number of carboxylic acid groups (broad SMARTS) is 1. The molecule has 0 bridgehead atoms. The van der Waals surface area contributed by atoms with E-state index in [9.17, 15) is 19.5 Å². The van der Waals surface area contributed by atoms with Crippen LogP contribution in [0.2, 0.25) is 0 Å². The zero-order valence-corrected chi connectivity index (χ0v) is 14.1. The van der Waals surface area contributed by atoms with Gasteiger partial charge in [-0.15, -0.1) is 0 Å². The van der Waals surface area contributed by atoms with Crippen molar-refractivity contribution in [2.24, 2.45) is 0 Å². The number of benzene rings is 1. The quantitative estimate of drug-likeness (QED) is 0.740. The van der Waals surface area contributed by atoms with Gasteiger partial charge in [0.2, 0.25) is 11.8 Å². The lowest BCUT2D eigenvalue weighted by molar-refractivity contribution is -0.145. The lowest BCUT2D eigenvalue weighted by atomic mass is 9.76. The van der Waals surface area contributed by atoms with Crippen molar-refractivity contribution in [3.05, 3.63) is 29.8 Å². The fourth-order valence-electron chi connectivity index (χ4n) is 2.97. The molecule has 2 rings (SSSR count). The van der Waals surface area contributed by atoms with Crippen LogP contribution in [0.5, 0.6) is 5.75 Å². The third-order valence-electron chi connectivity index (χ3n) is 4.25. The zero-order valence-electron chi connectivity index (χ0n) is 14.1. The molecule has 1 aliphatic heterocycles. The molecule has 1 aliphatic rings. The van der Waals surface area contributed by atoms with Crippen LogP contribution in [0.4, 0.5) is 0 Å². The Kier molecular flexibility index (Phi) is 5.23. The Labute approximate surface area is 140 Å². The number of imide groups is 1. The highest BCUT2D eigenvalue weighted by Crippen LogP contribution is 2.40. The molecule has 0 unspecified atom stereocenters. The summed E-state index contributed by atoms with van der Waals surface area (Å²) in [6.45, 7) is 0.773. The van der Waals surface area contributed by atoms with E-state index in [2.05, 4.69) is 0 Å². The van der Waals surface area contributed by atoms with E-state index in [1.54, 1.807) is 24.3 Å². The van der Waals surface area contributed by atoms with Crippen molar-refractivity contribution in [2.75, 3.05) is 34.3 Å². The molecule has 130 valence electrons. The molecule has 1 atom stereocenters. The molecule has 0 spiro atoms. The van der Waals surface area contributed by atoms with Crippen LogP contribution in [0, 0.1) is 0 Å². The third-order valence-corrected chi connectivity index (χ3v) is 4.25. The minimum absolute atomic E-state index is 0.140. The molecule has 0 saturated carbocycles. The first-order chi connectivity index (χ1) is 11.3. The topological polar surface area (TPSA) is 87.2 Å². The Balaban J connectivity index is 2.43. The van der Waals surface area contributed by atoms with Gasteiger partial charge in [0.1, 0.15) is 5.75 Å². The van der Waals surface area contributed by atoms with E-state index in [0.717, 1.165) is 0 Å². The summed E-state index contributed by atoms with van der Waals surface area (Å²) in [6, 6.07) is 6.71. The highest BCUT2D eigenvalue weighted by molar-refractivity contribution is 6.10. The van der Waals surface area contributed by atoms with Gasteiger partial charge in [0.15, 0.2) is 0 Å². The van der Waals surface area contributed by atoms with Crippen LogP contribution in [0.25, 0.3) is 0 Å². The number of methoxy groups -OCH3 is 1. The van der Waals surface area contributed by atoms with Crippen molar-refractivity contribution in [1.29, 1.82) is 0 Å². The van der Waals surface area contributed by atoms with E-state index in [0.29, 0.717) is 17.9 Å². The summed E-state index contributed by atoms with van der Waals surface area (Å²) in [7, 11) is 5.18. The van der Waals surface area contributed by atoms with E-state index in [1.807, 2.05) is 19.0 Å². The van der Waals surface area contributed by atoms with Gasteiger partial charge in [-0.25, -0.2) is 0 Å². The van der Waals surface area contributed by atoms with Crippen molar-refractivity contribution >= 4 is 17.8 Å². The Bertz CT molecular complexity index is 658. The maximum absolute atomic E-state index is 13.0. The molecule has 7 nitrogen and oxygen atoms in total. The number of likely N-dealkylation sites (N-methyl/N-ethyl adjacent to an activating group) is 1. The van der Waals surface area contributed by atoms with Crippen molar-refractivity contribution in [3.8, 4) is 5.75 Å². The average molecular weight is 334 g/mol. The number of hydrogen-bond donors (Lipinski definition) is 1. The molecule has 1 fully saturated rings. The highest BCUT2D eigenvalue weighted by atomic mass is 16.5. The van der Waals surface area contributed by atoms with Gasteiger partial charge in [-0.05, 0) is 31.8 Å². The first-order valence-electron chi connectivity index (χ1n) is 7.66. The molecule has 1 heterocycles. The van der Waals surface area contributed by atoms with Gasteiger partial charge in [-0.3, -0.25) is 19.3 Å². The largest absolute Gasteiger partial charge is 0.497 e. The molecule has 0 aromatic heterocycles. The van der Waals surface area contributed by atoms with Crippen molar-refractivity contribution in [3.63, 3.8) is 0 Å². The molecule has 0 radical (unpaired) electrons. The van der Waals surface area contributed by atoms with Crippen molar-refractivity contribution in [2.45, 2.75) is 18.3 Å². The molecule has 0 aliphatic carbocycles. The minimum Gasteiger partial charge on any atom is -0.497 e. The predicted molar refractivity (Wildman–Crippen MR) is 86.8 cm³/mol. The van der Waals surface area contributed by atoms with Crippen LogP contribution in [-0.2, 0) is 19.8 Å². The second-order valence-corrected chi connectivity index (χ2v) is 6.22. The molecular weight excluding hydrogens is 312 g/mol. The van der Waals surface area contributed by atoms with Crippen LogP contribution in [0.15, 0.2) is 24.3 Å². The SMILES string of the molecule is COc1cccc([C@]2(CC(=O)O)CC(=O)N(CCN(C)C)C2=O)c1. The molecule has 1 aromatic rings. The smallest absolute Gasteiger partial charge is 0.304 e. The van der Waals surface area contributed by atoms with Gasteiger partial charge >= 0.3 is 5.97 Å². The molecular formula is C17H22N2O5. The number of rotatable bonds is 7. The molecule has 2 amide bonds. The summed E-state index contributed by atoms with van der Waals surface area (Å²) < 4.78 is 5.17. The van der Waals surface area contributed by atoms with E-state index in [1.165, 1.54) is 12.0 Å². The first kappa shape index (κ1) is 17.9. The zero-order chi connectivity index (χ0) is 17.9. The average Bonchev–Trinajstić information content (AvgIpc) is 2.76. The molecule has 1 aromatic carbocycles. The Hall–Kier alpha value is -2.41. The molecule has 24 heavy (non-hydrogen) atoms. The summed E-state index contributed by atoms with van der Waals surface area (Å²) in [5, 5.41) is 9.31. The Morgan fingerprint density at radius 1 is 1.38 bits per heavy atom. The van der Waals surface area contributed by atoms with E-state index in [-0.39, 0.29) is 18.9 Å². The summed E-state index contributed by atoms with van der Waals surface area (Å²) in [5.41, 5.74) is -0.876. The van der Waals surface area contributed by atoms with Gasteiger partial charge in [0.05, 0.1) is 18.9 Å². The van der Waals surface area contributed by atoms with Gasteiger partial charge in [0.25, 0.3) is 0 Å². The van der Waals surface area contributed by atoms with Gasteiger partial charge in [-0.2, -0.15) is 0 Å². The summed E-state index contributed by atoms with van der Waals surface area (Å²) >= 11 is 0. The van der Waals surface area contributed by atoms with Crippen LogP contribution < -0.4 is 4.74 Å². The third kappa shape index (κ3) is 3.41. The van der Waals surface area contributed by atoms with E-state index >= 15 is 0 Å². The monoisotopic (exact) mass is 334 g/mol. The van der Waals surface area contributed by atoms with Gasteiger partial charge in [-0.1, -0.05) is 12.1 Å². The maximum atomic E-state index is 13.0. The number of carbonyl (C=O) groups is 3. The lowest BCUT2D eigenvalue weighted by Gasteiger charge is -2.26. The number of carbonyl (C=O) groups excluding carboxylic acids is 2. The summed E-state index contributed by atoms with van der Waals surface area (Å²) in [5.74, 6) is -1.39. The van der Waals surface area contributed by atoms with Crippen LogP contribution in [0.1, 0.15) is 18.4 Å². The second kappa shape index (κ2) is 7.00. The number of hydrogen-bond acceptors (Lipinski definition) is 5. The van der Waals surface area contributed by atoms with E-state index < -0.39 is 23.7 Å². The standard InChI is InChI=1S/C17H22N2O5/c1-18(2)7-8-19-14(20)10-17(16(19)23,11-15(21)22)12-5-4-6-13(9-12)24-3/h4-6,9H,7-8,10-11H2,1-3H3,(H,21,22)/t17-/m1/s1. The Morgan fingerprint density at radius 3 is 2.67 bits per heavy atom. The maximum Gasteiger partial charge on any atom is 0.304 e. The minimum atomic E-state index is -1.37. The van der Waals surface area contributed by atoms with Crippen LogP contribution >= 0.6 is 0 Å². The molecule has 1 N–H and O–H groups in total. The normalized spacial score (nSPS) is 20.8. The van der Waals surface area contributed by atoms with Gasteiger partial charge in [0, 0.05) is 19.5 Å². The fraction of sp³-hybridized carbons (Fsp3) is 0.471. The second-order valence-electron chi connectivity index (χ2n) is 6.22. The summed E-state index contributed by atoms with van der Waals surface area (Å²) in [4.78, 5) is 39.8. The van der Waals surface area contributed by atoms with E-state index in [4.69, 9.17) is 4.74 Å². The lowest BCUT2D eigenvalue weighted by Crippen LogP contribution is -2.42. The molecule has 7 heteroatoms.